The molecule has 0 saturated heterocycles. The van der Waals surface area contributed by atoms with Gasteiger partial charge in [-0.3, -0.25) is 0 Å². The van der Waals surface area contributed by atoms with Crippen molar-refractivity contribution in [2.24, 2.45) is 5.92 Å². The van der Waals surface area contributed by atoms with Crippen LogP contribution in [0.3, 0.4) is 0 Å². The second-order valence-electron chi connectivity index (χ2n) is 10.5. The second-order valence-corrected chi connectivity index (χ2v) is 15.5. The number of aryl methyl sites for hydroxylation is 2. The maximum absolute atomic E-state index is 4.93. The number of benzene rings is 4. The molecule has 0 unspecified atom stereocenters. The number of rotatable bonds is 6. The molecule has 1 aliphatic rings. The maximum atomic E-state index is 4.93. The first-order valence-electron chi connectivity index (χ1n) is 14.1. The predicted molar refractivity (Wildman–Crippen MR) is 174 cm³/mol. The third-order valence-corrected chi connectivity index (χ3v) is 8.57. The normalized spacial score (nSPS) is 11.2. The van der Waals surface area contributed by atoms with Gasteiger partial charge in [0.25, 0.3) is 0 Å². The van der Waals surface area contributed by atoms with Crippen LogP contribution in [0.4, 0.5) is 0 Å². The van der Waals surface area contributed by atoms with Crippen molar-refractivity contribution in [3.8, 4) is 22.3 Å². The molecule has 0 nitrogen and oxygen atoms in total. The second kappa shape index (κ2) is 15.4. The van der Waals surface area contributed by atoms with E-state index in [2.05, 4.69) is 119 Å². The van der Waals surface area contributed by atoms with Crippen LogP contribution in [0.1, 0.15) is 50.8 Å². The van der Waals surface area contributed by atoms with Gasteiger partial charge in [-0.2, -0.15) is 35.5 Å². The minimum absolute atomic E-state index is 0.698. The molecular weight excluding hydrogens is 623 g/mol. The predicted octanol–water partition coefficient (Wildman–Crippen LogP) is 9.44. The molecule has 0 fully saturated rings. The Morgan fingerprint density at radius 2 is 1.55 bits per heavy atom. The van der Waals surface area contributed by atoms with E-state index in [9.17, 15) is 0 Å². The zero-order chi connectivity index (χ0) is 28.5. The largest absolute Gasteiger partial charge is 0.184 e. The molecule has 0 aliphatic carbocycles. The van der Waals surface area contributed by atoms with E-state index in [0.717, 1.165) is 28.8 Å². The SMILES string of the molecule is CCCc1ccc2[cH-]c(CC(C)C)cc2c1-c1ccccc1CC.[Cl][Zr+2][Cl].[c-]1cccc2c1[Si]c1ccccc1-2. The van der Waals surface area contributed by atoms with Crippen molar-refractivity contribution in [1.29, 1.82) is 0 Å². The van der Waals surface area contributed by atoms with Crippen molar-refractivity contribution in [2.45, 2.75) is 53.4 Å². The molecule has 202 valence electrons. The van der Waals surface area contributed by atoms with Crippen molar-refractivity contribution in [3.05, 3.63) is 114 Å². The van der Waals surface area contributed by atoms with Crippen LogP contribution in [0.5, 0.6) is 0 Å². The monoisotopic (exact) mass is 656 g/mol. The summed E-state index contributed by atoms with van der Waals surface area (Å²) >= 11 is -0.826. The Balaban J connectivity index is 0.000000192. The van der Waals surface area contributed by atoms with Gasteiger partial charge in [0.05, 0.1) is 9.52 Å². The van der Waals surface area contributed by atoms with E-state index in [1.165, 1.54) is 66.5 Å². The van der Waals surface area contributed by atoms with E-state index in [1.807, 2.05) is 6.07 Å². The van der Waals surface area contributed by atoms with E-state index >= 15 is 0 Å². The molecule has 5 aromatic rings. The third-order valence-electron chi connectivity index (χ3n) is 7.20. The Kier molecular flexibility index (Phi) is 12.0. The molecule has 0 N–H and O–H groups in total. The molecule has 1 heterocycles. The van der Waals surface area contributed by atoms with Crippen LogP contribution in [0.25, 0.3) is 33.0 Å². The Morgan fingerprint density at radius 3 is 2.27 bits per heavy atom. The van der Waals surface area contributed by atoms with E-state index in [0.29, 0.717) is 5.92 Å². The maximum Gasteiger partial charge on any atom is 0.0920 e. The van der Waals surface area contributed by atoms with Crippen LogP contribution < -0.4 is 10.4 Å². The first-order valence-corrected chi connectivity index (χ1v) is 21.5. The smallest absolute Gasteiger partial charge is 0.0920 e. The summed E-state index contributed by atoms with van der Waals surface area (Å²) in [6.07, 6.45) is 4.57. The molecule has 0 spiro atoms. The van der Waals surface area contributed by atoms with Crippen LogP contribution in [0.15, 0.2) is 91.0 Å². The zero-order valence-electron chi connectivity index (χ0n) is 23.8. The fourth-order valence-corrected chi connectivity index (χ4v) is 6.88. The summed E-state index contributed by atoms with van der Waals surface area (Å²) in [7, 11) is 10.7. The van der Waals surface area contributed by atoms with E-state index < -0.39 is 20.8 Å². The molecule has 2 radical (unpaired) electrons. The molecule has 6 rings (SSSR count). The number of fused-ring (bicyclic) bond motifs is 4. The Bertz CT molecular complexity index is 1490. The van der Waals surface area contributed by atoms with Crippen molar-refractivity contribution in [2.75, 3.05) is 0 Å². The first-order chi connectivity index (χ1) is 19.5. The summed E-state index contributed by atoms with van der Waals surface area (Å²) in [6, 6.07) is 36.6. The van der Waals surface area contributed by atoms with Gasteiger partial charge in [-0.25, -0.2) is 0 Å². The minimum Gasteiger partial charge on any atom is -0.184 e. The van der Waals surface area contributed by atoms with Crippen molar-refractivity contribution >= 4 is 47.7 Å². The number of hydrogen-bond acceptors (Lipinski definition) is 0. The van der Waals surface area contributed by atoms with Gasteiger partial charge in [-0.15, -0.1) is 40.1 Å². The molecular formula is C36H36Cl2SiZr. The van der Waals surface area contributed by atoms with Gasteiger partial charge in [0.2, 0.25) is 0 Å². The fourth-order valence-electron chi connectivity index (χ4n) is 5.57. The molecule has 0 bridgehead atoms. The number of halogens is 2. The van der Waals surface area contributed by atoms with E-state index in [4.69, 9.17) is 17.0 Å². The minimum atomic E-state index is -0.826. The quantitative estimate of drug-likeness (QED) is 0.124. The first kappa shape index (κ1) is 31.1. The molecule has 0 aromatic heterocycles. The average molecular weight is 659 g/mol. The van der Waals surface area contributed by atoms with Gasteiger partial charge >= 0.3 is 37.9 Å². The van der Waals surface area contributed by atoms with Crippen molar-refractivity contribution < 1.29 is 20.8 Å². The van der Waals surface area contributed by atoms with Gasteiger partial charge in [-0.05, 0) is 36.3 Å². The van der Waals surface area contributed by atoms with Crippen LogP contribution in [-0.4, -0.2) is 9.52 Å². The van der Waals surface area contributed by atoms with E-state index in [1.54, 1.807) is 0 Å². The standard InChI is InChI=1S/C24H29.C12H7Si.2ClH.Zr/c1-5-9-20-12-13-21-15-18(14-17(3)4)16-23(21)24(20)22-11-8-7-10-19(22)6-2;1-3-7-11-9(5-1)10-6-2-4-8-12(10)13-11;;;/h7-8,10-13,15-17H,5-6,9,14H2,1-4H3;1-7H;2*1H;/q2*-1;;;+4/p-2. The van der Waals surface area contributed by atoms with Crippen LogP contribution in [-0.2, 0) is 40.1 Å². The molecule has 0 saturated carbocycles. The summed E-state index contributed by atoms with van der Waals surface area (Å²) in [5, 5.41) is 5.66. The third kappa shape index (κ3) is 7.51. The fraction of sp³-hybridized carbons (Fsp3) is 0.250. The Labute approximate surface area is 262 Å². The molecule has 40 heavy (non-hydrogen) atoms. The summed E-state index contributed by atoms with van der Waals surface area (Å²) in [5.41, 5.74) is 10.1. The molecule has 0 atom stereocenters. The van der Waals surface area contributed by atoms with Crippen LogP contribution >= 0.6 is 17.0 Å². The zero-order valence-corrected chi connectivity index (χ0v) is 28.8. The topological polar surface area (TPSA) is 0 Å². The Hall–Kier alpha value is -1.83. The van der Waals surface area contributed by atoms with Gasteiger partial charge in [0.15, 0.2) is 0 Å². The van der Waals surface area contributed by atoms with Gasteiger partial charge in [-0.1, -0.05) is 105 Å². The molecule has 1 aliphatic heterocycles. The van der Waals surface area contributed by atoms with Gasteiger partial charge in [0, 0.05) is 0 Å². The summed E-state index contributed by atoms with van der Waals surface area (Å²) in [5.74, 6) is 0.698. The average Bonchev–Trinajstić information content (AvgIpc) is 3.54. The van der Waals surface area contributed by atoms with Crippen LogP contribution in [0, 0.1) is 12.0 Å². The summed E-state index contributed by atoms with van der Waals surface area (Å²) < 4.78 is 0. The van der Waals surface area contributed by atoms with Crippen molar-refractivity contribution in [3.63, 3.8) is 0 Å². The Morgan fingerprint density at radius 1 is 0.850 bits per heavy atom. The molecule has 0 amide bonds. The molecule has 5 aromatic carbocycles. The van der Waals surface area contributed by atoms with E-state index in [-0.39, 0.29) is 0 Å². The van der Waals surface area contributed by atoms with Crippen LogP contribution in [0.2, 0.25) is 0 Å². The van der Waals surface area contributed by atoms with Gasteiger partial charge in [0.1, 0.15) is 0 Å². The summed E-state index contributed by atoms with van der Waals surface area (Å²) in [4.78, 5) is 0. The number of hydrogen-bond donors (Lipinski definition) is 0. The van der Waals surface area contributed by atoms with Gasteiger partial charge < -0.3 is 0 Å². The summed E-state index contributed by atoms with van der Waals surface area (Å²) in [6.45, 7) is 9.13. The molecule has 4 heteroatoms. The van der Waals surface area contributed by atoms with Crippen molar-refractivity contribution in [1.82, 2.24) is 0 Å².